The maximum Gasteiger partial charge on any atom is 0.251 e. The van der Waals surface area contributed by atoms with Gasteiger partial charge in [-0.05, 0) is 30.5 Å². The van der Waals surface area contributed by atoms with E-state index in [1.165, 1.54) is 0 Å². The molecule has 1 aliphatic carbocycles. The van der Waals surface area contributed by atoms with Gasteiger partial charge in [-0.2, -0.15) is 5.26 Å². The highest BCUT2D eigenvalue weighted by Crippen LogP contribution is 2.19. The van der Waals surface area contributed by atoms with Crippen molar-refractivity contribution in [1.82, 2.24) is 5.32 Å². The van der Waals surface area contributed by atoms with Crippen LogP contribution in [0.3, 0.4) is 0 Å². The third kappa shape index (κ3) is 2.57. The van der Waals surface area contributed by atoms with Crippen LogP contribution in [-0.4, -0.2) is 11.9 Å². The Hall–Kier alpha value is -1.82. The van der Waals surface area contributed by atoms with E-state index in [1.807, 2.05) is 12.1 Å². The average molecular weight is 200 g/mol. The standard InChI is InChI=1S/C12H12N2O/c13-7-6-9-2-1-3-10(8-9)12(15)14-11-4-5-11/h1-3,8,11H,4-6H2,(H,14,15). The van der Waals surface area contributed by atoms with Gasteiger partial charge in [0.2, 0.25) is 0 Å². The first-order chi connectivity index (χ1) is 7.29. The molecule has 1 saturated carbocycles. The van der Waals surface area contributed by atoms with Crippen molar-refractivity contribution in [3.63, 3.8) is 0 Å². The molecule has 1 aromatic rings. The number of carbonyl (C=O) groups is 1. The minimum absolute atomic E-state index is 0.0303. The monoisotopic (exact) mass is 200 g/mol. The summed E-state index contributed by atoms with van der Waals surface area (Å²) in [4.78, 5) is 11.7. The first-order valence-electron chi connectivity index (χ1n) is 5.06. The van der Waals surface area contributed by atoms with E-state index in [4.69, 9.17) is 5.26 Å². The maximum absolute atomic E-state index is 11.7. The molecule has 0 spiro atoms. The van der Waals surface area contributed by atoms with Gasteiger partial charge in [0, 0.05) is 11.6 Å². The Bertz CT molecular complexity index is 416. The zero-order valence-corrected chi connectivity index (χ0v) is 8.36. The summed E-state index contributed by atoms with van der Waals surface area (Å²) in [6, 6.07) is 9.67. The fourth-order valence-electron chi connectivity index (χ4n) is 1.41. The normalized spacial score (nSPS) is 14.3. The van der Waals surface area contributed by atoms with Crippen LogP contribution >= 0.6 is 0 Å². The molecule has 0 bridgehead atoms. The van der Waals surface area contributed by atoms with Gasteiger partial charge >= 0.3 is 0 Å². The molecule has 2 rings (SSSR count). The average Bonchev–Trinajstić information content (AvgIpc) is 3.03. The van der Waals surface area contributed by atoms with Gasteiger partial charge < -0.3 is 5.32 Å². The molecule has 15 heavy (non-hydrogen) atoms. The number of nitrogens with one attached hydrogen (secondary N) is 1. The minimum Gasteiger partial charge on any atom is -0.349 e. The van der Waals surface area contributed by atoms with Crippen molar-refractivity contribution in [1.29, 1.82) is 5.26 Å². The van der Waals surface area contributed by atoms with Gasteiger partial charge in [-0.25, -0.2) is 0 Å². The topological polar surface area (TPSA) is 52.9 Å². The molecule has 1 amide bonds. The van der Waals surface area contributed by atoms with Crippen molar-refractivity contribution < 1.29 is 4.79 Å². The van der Waals surface area contributed by atoms with E-state index in [1.54, 1.807) is 12.1 Å². The van der Waals surface area contributed by atoms with Gasteiger partial charge in [0.05, 0.1) is 12.5 Å². The summed E-state index contributed by atoms with van der Waals surface area (Å²) in [5.41, 5.74) is 1.54. The molecule has 1 N–H and O–H groups in total. The van der Waals surface area contributed by atoms with Crippen molar-refractivity contribution in [2.75, 3.05) is 0 Å². The van der Waals surface area contributed by atoms with E-state index in [9.17, 15) is 4.79 Å². The molecule has 0 atom stereocenters. The van der Waals surface area contributed by atoms with Gasteiger partial charge in [-0.3, -0.25) is 4.79 Å². The van der Waals surface area contributed by atoms with Crippen LogP contribution in [0.4, 0.5) is 0 Å². The highest BCUT2D eigenvalue weighted by atomic mass is 16.1. The third-order valence-electron chi connectivity index (χ3n) is 2.38. The van der Waals surface area contributed by atoms with Gasteiger partial charge in [0.1, 0.15) is 0 Å². The summed E-state index contributed by atoms with van der Waals surface area (Å²) in [5.74, 6) is -0.0303. The van der Waals surface area contributed by atoms with Gasteiger partial charge in [0.25, 0.3) is 5.91 Å². The minimum atomic E-state index is -0.0303. The highest BCUT2D eigenvalue weighted by Gasteiger charge is 2.23. The Balaban J connectivity index is 2.09. The Labute approximate surface area is 88.7 Å². The van der Waals surface area contributed by atoms with Crippen LogP contribution in [0.25, 0.3) is 0 Å². The second-order valence-electron chi connectivity index (χ2n) is 3.78. The lowest BCUT2D eigenvalue weighted by atomic mass is 10.1. The molecule has 1 aromatic carbocycles. The number of carbonyl (C=O) groups excluding carboxylic acids is 1. The molecule has 1 fully saturated rings. The fraction of sp³-hybridized carbons (Fsp3) is 0.333. The summed E-state index contributed by atoms with van der Waals surface area (Å²) >= 11 is 0. The zero-order valence-electron chi connectivity index (χ0n) is 8.36. The number of benzene rings is 1. The zero-order chi connectivity index (χ0) is 10.7. The van der Waals surface area contributed by atoms with E-state index in [0.717, 1.165) is 18.4 Å². The molecule has 76 valence electrons. The SMILES string of the molecule is N#CCc1cccc(C(=O)NC2CC2)c1. The number of hydrogen-bond acceptors (Lipinski definition) is 2. The van der Waals surface area contributed by atoms with Gasteiger partial charge in [0.15, 0.2) is 0 Å². The molecule has 0 radical (unpaired) electrons. The molecular weight excluding hydrogens is 188 g/mol. The lowest BCUT2D eigenvalue weighted by molar-refractivity contribution is 0.0951. The van der Waals surface area contributed by atoms with Crippen LogP contribution in [0.15, 0.2) is 24.3 Å². The Morgan fingerprint density at radius 3 is 3.00 bits per heavy atom. The first kappa shape index (κ1) is 9.72. The molecule has 0 aliphatic heterocycles. The maximum atomic E-state index is 11.7. The van der Waals surface area contributed by atoms with Crippen molar-refractivity contribution in [3.8, 4) is 6.07 Å². The lowest BCUT2D eigenvalue weighted by Crippen LogP contribution is -2.25. The summed E-state index contributed by atoms with van der Waals surface area (Å²) < 4.78 is 0. The summed E-state index contributed by atoms with van der Waals surface area (Å²) in [7, 11) is 0. The number of nitrogens with zero attached hydrogens (tertiary/aromatic N) is 1. The third-order valence-corrected chi connectivity index (χ3v) is 2.38. The predicted octanol–water partition coefficient (Wildman–Crippen LogP) is 1.64. The fourth-order valence-corrected chi connectivity index (χ4v) is 1.41. The molecular formula is C12H12N2O. The molecule has 1 aliphatic rings. The van der Waals surface area contributed by atoms with Gasteiger partial charge in [-0.15, -0.1) is 0 Å². The van der Waals surface area contributed by atoms with Crippen LogP contribution in [0.1, 0.15) is 28.8 Å². The number of rotatable bonds is 3. The molecule has 3 heteroatoms. The Morgan fingerprint density at radius 1 is 1.53 bits per heavy atom. The molecule has 3 nitrogen and oxygen atoms in total. The van der Waals surface area contributed by atoms with Gasteiger partial charge in [-0.1, -0.05) is 12.1 Å². The number of nitriles is 1. The van der Waals surface area contributed by atoms with E-state index in [0.29, 0.717) is 18.0 Å². The van der Waals surface area contributed by atoms with Crippen molar-refractivity contribution in [2.24, 2.45) is 0 Å². The smallest absolute Gasteiger partial charge is 0.251 e. The molecule has 0 unspecified atom stereocenters. The summed E-state index contributed by atoms with van der Waals surface area (Å²) in [6.45, 7) is 0. The van der Waals surface area contributed by atoms with Crippen molar-refractivity contribution in [2.45, 2.75) is 25.3 Å². The quantitative estimate of drug-likeness (QED) is 0.806. The van der Waals surface area contributed by atoms with Crippen LogP contribution in [-0.2, 0) is 6.42 Å². The Kier molecular flexibility index (Phi) is 2.68. The lowest BCUT2D eigenvalue weighted by Gasteiger charge is -2.03. The second kappa shape index (κ2) is 4.14. The van der Waals surface area contributed by atoms with E-state index < -0.39 is 0 Å². The van der Waals surface area contributed by atoms with Crippen molar-refractivity contribution >= 4 is 5.91 Å². The van der Waals surface area contributed by atoms with E-state index >= 15 is 0 Å². The Morgan fingerprint density at radius 2 is 2.33 bits per heavy atom. The molecule has 0 aromatic heterocycles. The number of hydrogen-bond donors (Lipinski definition) is 1. The highest BCUT2D eigenvalue weighted by molar-refractivity contribution is 5.94. The van der Waals surface area contributed by atoms with E-state index in [2.05, 4.69) is 11.4 Å². The number of amides is 1. The second-order valence-corrected chi connectivity index (χ2v) is 3.78. The van der Waals surface area contributed by atoms with Crippen molar-refractivity contribution in [3.05, 3.63) is 35.4 Å². The van der Waals surface area contributed by atoms with E-state index in [-0.39, 0.29) is 5.91 Å². The van der Waals surface area contributed by atoms with Crippen LogP contribution < -0.4 is 5.32 Å². The molecule has 0 heterocycles. The first-order valence-corrected chi connectivity index (χ1v) is 5.06. The van der Waals surface area contributed by atoms with Crippen LogP contribution in [0, 0.1) is 11.3 Å². The summed E-state index contributed by atoms with van der Waals surface area (Å²) in [5, 5.41) is 11.5. The van der Waals surface area contributed by atoms with Crippen LogP contribution in [0.2, 0.25) is 0 Å². The summed E-state index contributed by atoms with van der Waals surface area (Å²) in [6.07, 6.45) is 2.53. The predicted molar refractivity (Wildman–Crippen MR) is 56.2 cm³/mol. The largest absolute Gasteiger partial charge is 0.349 e. The molecule has 0 saturated heterocycles. The van der Waals surface area contributed by atoms with Crippen LogP contribution in [0.5, 0.6) is 0 Å².